The second kappa shape index (κ2) is 6.44. The number of benzene rings is 1. The number of amides is 1. The highest BCUT2D eigenvalue weighted by atomic mass is 35.5. The van der Waals surface area contributed by atoms with Crippen molar-refractivity contribution in [3.8, 4) is 0 Å². The van der Waals surface area contributed by atoms with Gasteiger partial charge in [0.05, 0.1) is 16.9 Å². The van der Waals surface area contributed by atoms with Gasteiger partial charge in [0.1, 0.15) is 0 Å². The zero-order valence-electron chi connectivity index (χ0n) is 13.1. The van der Waals surface area contributed by atoms with Crippen molar-refractivity contribution in [1.29, 1.82) is 0 Å². The van der Waals surface area contributed by atoms with Crippen molar-refractivity contribution in [3.05, 3.63) is 34.9 Å². The molecular formula is C17H22ClNO3S. The third-order valence-corrected chi connectivity index (χ3v) is 7.09. The molecule has 1 aliphatic heterocycles. The van der Waals surface area contributed by atoms with Crippen molar-refractivity contribution >= 4 is 27.3 Å². The Labute approximate surface area is 142 Å². The summed E-state index contributed by atoms with van der Waals surface area (Å²) < 4.78 is 23.2. The van der Waals surface area contributed by atoms with Crippen LogP contribution in [0, 0.1) is 0 Å². The number of hydrogen-bond acceptors (Lipinski definition) is 3. The molecule has 23 heavy (non-hydrogen) atoms. The van der Waals surface area contributed by atoms with E-state index in [4.69, 9.17) is 11.6 Å². The molecule has 2 aliphatic rings. The fraction of sp³-hybridized carbons (Fsp3) is 0.588. The summed E-state index contributed by atoms with van der Waals surface area (Å²) in [5.41, 5.74) is 0.373. The highest BCUT2D eigenvalue weighted by molar-refractivity contribution is 7.91. The molecular weight excluding hydrogens is 334 g/mol. The van der Waals surface area contributed by atoms with Crippen LogP contribution in [0.3, 0.4) is 0 Å². The smallest absolute Gasteiger partial charge is 0.230 e. The van der Waals surface area contributed by atoms with E-state index in [1.165, 1.54) is 0 Å². The zero-order valence-corrected chi connectivity index (χ0v) is 14.6. The van der Waals surface area contributed by atoms with Crippen molar-refractivity contribution in [2.75, 3.05) is 11.5 Å². The summed E-state index contributed by atoms with van der Waals surface area (Å²) in [5, 5.41) is 3.63. The minimum atomic E-state index is -3.00. The Kier molecular flexibility index (Phi) is 4.70. The van der Waals surface area contributed by atoms with Gasteiger partial charge in [-0.2, -0.15) is 0 Å². The summed E-state index contributed by atoms with van der Waals surface area (Å²) in [4.78, 5) is 13.0. The van der Waals surface area contributed by atoms with E-state index in [-0.39, 0.29) is 23.5 Å². The minimum absolute atomic E-state index is 0.0402. The second-order valence-electron chi connectivity index (χ2n) is 6.73. The van der Waals surface area contributed by atoms with Gasteiger partial charge in [-0.25, -0.2) is 8.42 Å². The molecule has 1 saturated carbocycles. The van der Waals surface area contributed by atoms with Crippen LogP contribution in [0.15, 0.2) is 24.3 Å². The first-order valence-electron chi connectivity index (χ1n) is 8.19. The van der Waals surface area contributed by atoms with Crippen LogP contribution in [0.1, 0.15) is 44.1 Å². The molecule has 1 saturated heterocycles. The van der Waals surface area contributed by atoms with Crippen molar-refractivity contribution in [2.24, 2.45) is 0 Å². The molecule has 126 valence electrons. The lowest BCUT2D eigenvalue weighted by Crippen LogP contribution is -2.49. The topological polar surface area (TPSA) is 63.2 Å². The van der Waals surface area contributed by atoms with Gasteiger partial charge in [-0.15, -0.1) is 0 Å². The molecule has 1 unspecified atom stereocenters. The van der Waals surface area contributed by atoms with Crippen LogP contribution in [-0.4, -0.2) is 31.9 Å². The Morgan fingerprint density at radius 2 is 1.96 bits per heavy atom. The maximum Gasteiger partial charge on any atom is 0.230 e. The number of sulfone groups is 1. The van der Waals surface area contributed by atoms with E-state index < -0.39 is 15.3 Å². The van der Waals surface area contributed by atoms with Crippen LogP contribution in [0.5, 0.6) is 0 Å². The van der Waals surface area contributed by atoms with E-state index in [0.29, 0.717) is 11.4 Å². The van der Waals surface area contributed by atoms with Gasteiger partial charge in [-0.3, -0.25) is 4.79 Å². The Balaban J connectivity index is 1.85. The van der Waals surface area contributed by atoms with Crippen LogP contribution >= 0.6 is 11.6 Å². The lowest BCUT2D eigenvalue weighted by atomic mass is 9.68. The average Bonchev–Trinajstić information content (AvgIpc) is 2.86. The van der Waals surface area contributed by atoms with E-state index in [1.54, 1.807) is 0 Å². The first kappa shape index (κ1) is 16.8. The molecule has 1 aromatic carbocycles. The maximum atomic E-state index is 13.0. The van der Waals surface area contributed by atoms with Crippen LogP contribution in [0.4, 0.5) is 0 Å². The molecule has 1 aliphatic carbocycles. The highest BCUT2D eigenvalue weighted by Gasteiger charge is 2.42. The van der Waals surface area contributed by atoms with E-state index in [0.717, 1.165) is 37.7 Å². The highest BCUT2D eigenvalue weighted by Crippen LogP contribution is 2.40. The molecule has 1 heterocycles. The van der Waals surface area contributed by atoms with Gasteiger partial charge in [0.2, 0.25) is 5.91 Å². The quantitative estimate of drug-likeness (QED) is 0.906. The molecule has 1 aromatic rings. The fourth-order valence-corrected chi connectivity index (χ4v) is 5.68. The molecule has 1 atom stereocenters. The molecule has 0 bridgehead atoms. The summed E-state index contributed by atoms with van der Waals surface area (Å²) in [6.45, 7) is 0. The third-order valence-electron chi connectivity index (χ3n) is 5.09. The van der Waals surface area contributed by atoms with E-state index in [1.807, 2.05) is 24.3 Å². The fourth-order valence-electron chi connectivity index (χ4n) is 3.82. The Bertz CT molecular complexity index is 696. The van der Waals surface area contributed by atoms with Crippen molar-refractivity contribution in [1.82, 2.24) is 5.32 Å². The monoisotopic (exact) mass is 355 g/mol. The molecule has 0 spiro atoms. The molecule has 0 radical (unpaired) electrons. The summed E-state index contributed by atoms with van der Waals surface area (Å²) in [7, 11) is -3.00. The summed E-state index contributed by atoms with van der Waals surface area (Å²) in [5.74, 6) is 0.188. The molecule has 0 aromatic heterocycles. The van der Waals surface area contributed by atoms with E-state index in [9.17, 15) is 13.2 Å². The van der Waals surface area contributed by atoms with Gasteiger partial charge in [-0.05, 0) is 37.0 Å². The largest absolute Gasteiger partial charge is 0.352 e. The maximum absolute atomic E-state index is 13.0. The predicted octanol–water partition coefficient (Wildman–Crippen LogP) is 2.85. The van der Waals surface area contributed by atoms with Gasteiger partial charge in [-0.1, -0.05) is 43.0 Å². The van der Waals surface area contributed by atoms with Gasteiger partial charge >= 0.3 is 0 Å². The minimum Gasteiger partial charge on any atom is -0.352 e. The zero-order chi connectivity index (χ0) is 16.5. The normalized spacial score (nSPS) is 25.9. The Morgan fingerprint density at radius 1 is 1.22 bits per heavy atom. The van der Waals surface area contributed by atoms with Gasteiger partial charge in [0, 0.05) is 11.1 Å². The average molecular weight is 356 g/mol. The lowest BCUT2D eigenvalue weighted by molar-refractivity contribution is -0.128. The van der Waals surface area contributed by atoms with Crippen LogP contribution in [0.25, 0.3) is 0 Å². The number of carbonyl (C=O) groups is 1. The molecule has 3 rings (SSSR count). The van der Waals surface area contributed by atoms with Crippen molar-refractivity contribution < 1.29 is 13.2 Å². The van der Waals surface area contributed by atoms with Crippen LogP contribution in [-0.2, 0) is 20.0 Å². The Hall–Kier alpha value is -1.07. The Morgan fingerprint density at radius 3 is 2.57 bits per heavy atom. The third kappa shape index (κ3) is 3.56. The molecule has 1 N–H and O–H groups in total. The summed E-state index contributed by atoms with van der Waals surface area (Å²) >= 11 is 6.13. The number of nitrogens with one attached hydrogen (secondary N) is 1. The second-order valence-corrected chi connectivity index (χ2v) is 9.39. The molecule has 1 amide bonds. The SMILES string of the molecule is O=C(NC1CCS(=O)(=O)C1)C1(c2cccc(Cl)c2)CCCCC1. The number of hydrogen-bond donors (Lipinski definition) is 1. The first-order chi connectivity index (χ1) is 10.9. The van der Waals surface area contributed by atoms with Gasteiger partial charge < -0.3 is 5.32 Å². The van der Waals surface area contributed by atoms with Crippen molar-refractivity contribution in [3.63, 3.8) is 0 Å². The van der Waals surface area contributed by atoms with E-state index >= 15 is 0 Å². The summed E-state index contributed by atoms with van der Waals surface area (Å²) in [6, 6.07) is 7.26. The molecule has 6 heteroatoms. The molecule has 4 nitrogen and oxygen atoms in total. The molecule has 2 fully saturated rings. The van der Waals surface area contributed by atoms with Crippen LogP contribution in [0.2, 0.25) is 5.02 Å². The predicted molar refractivity (Wildman–Crippen MR) is 91.4 cm³/mol. The number of carbonyl (C=O) groups excluding carboxylic acids is 1. The number of halogens is 1. The van der Waals surface area contributed by atoms with Crippen molar-refractivity contribution in [2.45, 2.75) is 50.0 Å². The standard InChI is InChI=1S/C17H22ClNO3S/c18-14-6-4-5-13(11-14)17(8-2-1-3-9-17)16(20)19-15-7-10-23(21,22)12-15/h4-6,11,15H,1-3,7-10,12H2,(H,19,20). The number of rotatable bonds is 3. The van der Waals surface area contributed by atoms with Crippen LogP contribution < -0.4 is 5.32 Å². The van der Waals surface area contributed by atoms with Gasteiger partial charge in [0.25, 0.3) is 0 Å². The lowest BCUT2D eigenvalue weighted by Gasteiger charge is -2.37. The van der Waals surface area contributed by atoms with Gasteiger partial charge in [0.15, 0.2) is 9.84 Å². The summed E-state index contributed by atoms with van der Waals surface area (Å²) in [6.07, 6.45) is 5.23. The van der Waals surface area contributed by atoms with E-state index in [2.05, 4.69) is 5.32 Å². The first-order valence-corrected chi connectivity index (χ1v) is 10.4.